The van der Waals surface area contributed by atoms with Gasteiger partial charge in [0.15, 0.2) is 0 Å². The third kappa shape index (κ3) is 4.93. The van der Waals surface area contributed by atoms with E-state index in [1.54, 1.807) is 27.6 Å². The fourth-order valence-electron chi connectivity index (χ4n) is 3.82. The van der Waals surface area contributed by atoms with Crippen molar-refractivity contribution in [3.05, 3.63) is 63.0 Å². The molecule has 0 bridgehead atoms. The minimum absolute atomic E-state index is 0.131. The molecule has 1 saturated heterocycles. The molecule has 4 rings (SSSR count). The van der Waals surface area contributed by atoms with Crippen LogP contribution >= 0.6 is 11.3 Å². The van der Waals surface area contributed by atoms with Gasteiger partial charge in [0.1, 0.15) is 10.4 Å². The summed E-state index contributed by atoms with van der Waals surface area (Å²) in [4.78, 5) is 47.6. The lowest BCUT2D eigenvalue weighted by Gasteiger charge is -2.35. The highest BCUT2D eigenvalue weighted by atomic mass is 32.1. The number of carbonyl (C=O) groups excluding carboxylic acids is 2. The number of carbonyl (C=O) groups is 2. The van der Waals surface area contributed by atoms with Gasteiger partial charge < -0.3 is 14.5 Å². The first-order chi connectivity index (χ1) is 15.6. The molecule has 1 fully saturated rings. The molecule has 0 spiro atoms. The summed E-state index contributed by atoms with van der Waals surface area (Å²) >= 11 is 1.25. The average molecular weight is 469 g/mol. The quantitative estimate of drug-likeness (QED) is 0.587. The van der Waals surface area contributed by atoms with Gasteiger partial charge in [-0.1, -0.05) is 30.3 Å². The number of aromatic nitrogens is 2. The Kier molecular flexibility index (Phi) is 6.25. The number of hydrogen-bond donors (Lipinski definition) is 0. The van der Waals surface area contributed by atoms with Gasteiger partial charge in [-0.25, -0.2) is 9.78 Å². The second-order valence-corrected chi connectivity index (χ2v) is 10.2. The van der Waals surface area contributed by atoms with Crippen molar-refractivity contribution in [3.8, 4) is 0 Å². The molecule has 3 heterocycles. The van der Waals surface area contributed by atoms with E-state index in [1.807, 2.05) is 51.1 Å². The molecule has 2 amide bonds. The average Bonchev–Trinajstić information content (AvgIpc) is 3.12. The van der Waals surface area contributed by atoms with Crippen LogP contribution < -0.4 is 5.56 Å². The van der Waals surface area contributed by atoms with Gasteiger partial charge >= 0.3 is 6.09 Å². The summed E-state index contributed by atoms with van der Waals surface area (Å²) in [7, 11) is 0. The SMILES string of the molecule is Cc1c(C(=O)N2CCN(C(=O)OC(C)(C)C)CC2)sc2ncn(Cc3ccccc3)c(=O)c12. The van der Waals surface area contributed by atoms with E-state index in [0.717, 1.165) is 5.56 Å². The highest BCUT2D eigenvalue weighted by Crippen LogP contribution is 2.28. The highest BCUT2D eigenvalue weighted by Gasteiger charge is 2.30. The van der Waals surface area contributed by atoms with Crippen molar-refractivity contribution in [1.29, 1.82) is 0 Å². The molecule has 0 saturated carbocycles. The minimum Gasteiger partial charge on any atom is -0.444 e. The summed E-state index contributed by atoms with van der Waals surface area (Å²) < 4.78 is 7.00. The first-order valence-electron chi connectivity index (χ1n) is 10.9. The van der Waals surface area contributed by atoms with Crippen molar-refractivity contribution < 1.29 is 14.3 Å². The van der Waals surface area contributed by atoms with Gasteiger partial charge in [0.25, 0.3) is 11.5 Å². The fraction of sp³-hybridized carbons (Fsp3) is 0.417. The molecule has 174 valence electrons. The van der Waals surface area contributed by atoms with Crippen molar-refractivity contribution in [3.63, 3.8) is 0 Å². The molecule has 8 nitrogen and oxygen atoms in total. The molecule has 0 aliphatic carbocycles. The molecule has 0 atom stereocenters. The van der Waals surface area contributed by atoms with E-state index in [4.69, 9.17) is 4.74 Å². The van der Waals surface area contributed by atoms with Gasteiger partial charge in [-0.2, -0.15) is 0 Å². The number of rotatable bonds is 3. The van der Waals surface area contributed by atoms with E-state index in [0.29, 0.717) is 53.4 Å². The van der Waals surface area contributed by atoms with Crippen LogP contribution in [0.5, 0.6) is 0 Å². The molecule has 3 aromatic rings. The number of aryl methyl sites for hydroxylation is 1. The predicted molar refractivity (Wildman–Crippen MR) is 128 cm³/mol. The number of nitrogens with zero attached hydrogens (tertiary/aromatic N) is 4. The van der Waals surface area contributed by atoms with Crippen LogP contribution in [-0.4, -0.2) is 63.1 Å². The molecule has 0 unspecified atom stereocenters. The third-order valence-corrected chi connectivity index (χ3v) is 6.71. The molecule has 1 aliphatic heterocycles. The number of hydrogen-bond acceptors (Lipinski definition) is 6. The predicted octanol–water partition coefficient (Wildman–Crippen LogP) is 3.51. The Morgan fingerprint density at radius 2 is 1.70 bits per heavy atom. The van der Waals surface area contributed by atoms with Crippen LogP contribution in [0.2, 0.25) is 0 Å². The largest absolute Gasteiger partial charge is 0.444 e. The van der Waals surface area contributed by atoms with Gasteiger partial charge in [-0.3, -0.25) is 14.2 Å². The topological polar surface area (TPSA) is 84.7 Å². The minimum atomic E-state index is -0.557. The lowest BCUT2D eigenvalue weighted by Crippen LogP contribution is -2.51. The molecular formula is C24H28N4O4S. The summed E-state index contributed by atoms with van der Waals surface area (Å²) in [6.07, 6.45) is 1.18. The monoisotopic (exact) mass is 468 g/mol. The van der Waals surface area contributed by atoms with Crippen LogP contribution in [0, 0.1) is 6.92 Å². The van der Waals surface area contributed by atoms with E-state index in [9.17, 15) is 14.4 Å². The first kappa shape index (κ1) is 23.0. The van der Waals surface area contributed by atoms with E-state index in [-0.39, 0.29) is 17.6 Å². The van der Waals surface area contributed by atoms with Gasteiger partial charge in [0.05, 0.1) is 23.1 Å². The molecule has 1 aliphatic rings. The number of ether oxygens (including phenoxy) is 1. The highest BCUT2D eigenvalue weighted by molar-refractivity contribution is 7.20. The van der Waals surface area contributed by atoms with Crippen molar-refractivity contribution in [2.24, 2.45) is 0 Å². The Morgan fingerprint density at radius 1 is 1.06 bits per heavy atom. The Hall–Kier alpha value is -3.20. The van der Waals surface area contributed by atoms with Crippen molar-refractivity contribution in [2.45, 2.75) is 39.8 Å². The number of thiophene rings is 1. The van der Waals surface area contributed by atoms with Gasteiger partial charge in [0, 0.05) is 26.2 Å². The van der Waals surface area contributed by atoms with Crippen LogP contribution in [-0.2, 0) is 11.3 Å². The Bertz CT molecular complexity index is 1240. The zero-order valence-corrected chi connectivity index (χ0v) is 20.1. The summed E-state index contributed by atoms with van der Waals surface area (Å²) in [5.41, 5.74) is 0.965. The van der Waals surface area contributed by atoms with Crippen molar-refractivity contribution in [2.75, 3.05) is 26.2 Å². The second kappa shape index (κ2) is 8.97. The normalized spacial score (nSPS) is 14.5. The summed E-state index contributed by atoms with van der Waals surface area (Å²) in [5.74, 6) is -0.131. The molecule has 33 heavy (non-hydrogen) atoms. The van der Waals surface area contributed by atoms with Gasteiger partial charge in [0.2, 0.25) is 0 Å². The molecule has 0 radical (unpaired) electrons. The summed E-state index contributed by atoms with van der Waals surface area (Å²) in [6, 6.07) is 9.72. The Labute approximate surface area is 196 Å². The van der Waals surface area contributed by atoms with Crippen LogP contribution in [0.25, 0.3) is 10.2 Å². The summed E-state index contributed by atoms with van der Waals surface area (Å²) in [6.45, 7) is 9.37. The van der Waals surface area contributed by atoms with Crippen molar-refractivity contribution in [1.82, 2.24) is 19.4 Å². The number of benzene rings is 1. The molecular weight excluding hydrogens is 440 g/mol. The van der Waals surface area contributed by atoms with Crippen LogP contribution in [0.3, 0.4) is 0 Å². The molecule has 0 N–H and O–H groups in total. The lowest BCUT2D eigenvalue weighted by molar-refractivity contribution is 0.0141. The van der Waals surface area contributed by atoms with E-state index in [2.05, 4.69) is 4.98 Å². The van der Waals surface area contributed by atoms with E-state index in [1.165, 1.54) is 11.3 Å². The summed E-state index contributed by atoms with van der Waals surface area (Å²) in [5, 5.41) is 0.495. The fourth-order valence-corrected chi connectivity index (χ4v) is 4.93. The van der Waals surface area contributed by atoms with Gasteiger partial charge in [-0.05, 0) is 38.8 Å². The van der Waals surface area contributed by atoms with E-state index < -0.39 is 5.60 Å². The second-order valence-electron chi connectivity index (χ2n) is 9.16. The standard InChI is InChI=1S/C24H28N4O4S/c1-16-18-20(25-15-28(21(18)29)14-17-8-6-5-7-9-17)33-19(16)22(30)26-10-12-27(13-11-26)23(31)32-24(2,3)4/h5-9,15H,10-14H2,1-4H3. The van der Waals surface area contributed by atoms with Crippen LogP contribution in [0.4, 0.5) is 4.79 Å². The van der Waals surface area contributed by atoms with Crippen LogP contribution in [0.1, 0.15) is 41.6 Å². The third-order valence-electron chi connectivity index (χ3n) is 5.53. The first-order valence-corrected chi connectivity index (χ1v) is 11.8. The Balaban J connectivity index is 1.51. The molecule has 2 aromatic heterocycles. The number of amides is 2. The van der Waals surface area contributed by atoms with Gasteiger partial charge in [-0.15, -0.1) is 11.3 Å². The Morgan fingerprint density at radius 3 is 2.33 bits per heavy atom. The maximum Gasteiger partial charge on any atom is 0.410 e. The number of fused-ring (bicyclic) bond motifs is 1. The smallest absolute Gasteiger partial charge is 0.410 e. The number of piperazine rings is 1. The van der Waals surface area contributed by atoms with E-state index >= 15 is 0 Å². The zero-order valence-electron chi connectivity index (χ0n) is 19.3. The maximum atomic E-state index is 13.2. The molecule has 1 aromatic carbocycles. The van der Waals surface area contributed by atoms with Crippen LogP contribution in [0.15, 0.2) is 41.5 Å². The molecule has 9 heteroatoms. The maximum absolute atomic E-state index is 13.2. The van der Waals surface area contributed by atoms with Crippen molar-refractivity contribution >= 4 is 33.6 Å². The lowest BCUT2D eigenvalue weighted by atomic mass is 10.2. The zero-order chi connectivity index (χ0) is 23.8.